The molecule has 0 unspecified atom stereocenters. The lowest BCUT2D eigenvalue weighted by Gasteiger charge is -2.09. The summed E-state index contributed by atoms with van der Waals surface area (Å²) in [4.78, 5) is 16.5. The molecule has 22 heavy (non-hydrogen) atoms. The number of aryl methyl sites for hydroxylation is 1. The SMILES string of the molecule is CCOC(=O)c1cc2cc(F)ccc2n1-c1cc(C)ccn1. The fourth-order valence-corrected chi connectivity index (χ4v) is 2.43. The number of pyridine rings is 1. The van der Waals surface area contributed by atoms with Gasteiger partial charge >= 0.3 is 5.97 Å². The van der Waals surface area contributed by atoms with Crippen molar-refractivity contribution >= 4 is 16.9 Å². The number of esters is 1. The molecule has 4 nitrogen and oxygen atoms in total. The first-order chi connectivity index (χ1) is 10.6. The standard InChI is InChI=1S/C17H15FN2O2/c1-3-22-17(21)15-10-12-9-13(18)4-5-14(12)20(15)16-8-11(2)6-7-19-16/h4-10H,3H2,1-2H3. The summed E-state index contributed by atoms with van der Waals surface area (Å²) in [6, 6.07) is 9.76. The third-order valence-corrected chi connectivity index (χ3v) is 3.38. The highest BCUT2D eigenvalue weighted by molar-refractivity contribution is 5.96. The van der Waals surface area contributed by atoms with Gasteiger partial charge in [-0.2, -0.15) is 0 Å². The number of nitrogens with zero attached hydrogens (tertiary/aromatic N) is 2. The van der Waals surface area contributed by atoms with Crippen molar-refractivity contribution in [2.75, 3.05) is 6.61 Å². The van der Waals surface area contributed by atoms with Crippen LogP contribution in [0.5, 0.6) is 0 Å². The van der Waals surface area contributed by atoms with Gasteiger partial charge in [-0.3, -0.25) is 4.57 Å². The number of fused-ring (bicyclic) bond motifs is 1. The highest BCUT2D eigenvalue weighted by atomic mass is 19.1. The summed E-state index contributed by atoms with van der Waals surface area (Å²) in [5, 5.41) is 0.631. The van der Waals surface area contributed by atoms with Gasteiger partial charge in [-0.1, -0.05) is 0 Å². The van der Waals surface area contributed by atoms with Crippen LogP contribution in [0.15, 0.2) is 42.6 Å². The largest absolute Gasteiger partial charge is 0.461 e. The number of rotatable bonds is 3. The van der Waals surface area contributed by atoms with Crippen LogP contribution in [0.3, 0.4) is 0 Å². The third kappa shape index (κ3) is 2.45. The molecule has 0 bridgehead atoms. The molecule has 0 N–H and O–H groups in total. The minimum absolute atomic E-state index is 0.274. The van der Waals surface area contributed by atoms with E-state index in [4.69, 9.17) is 4.74 Å². The lowest BCUT2D eigenvalue weighted by Crippen LogP contribution is -2.11. The average Bonchev–Trinajstić information content (AvgIpc) is 2.86. The normalized spacial score (nSPS) is 10.9. The van der Waals surface area contributed by atoms with Gasteiger partial charge in [0.1, 0.15) is 17.3 Å². The molecule has 0 radical (unpaired) electrons. The molecule has 3 aromatic rings. The van der Waals surface area contributed by atoms with Gasteiger partial charge in [0.2, 0.25) is 0 Å². The number of hydrogen-bond acceptors (Lipinski definition) is 3. The fourth-order valence-electron chi connectivity index (χ4n) is 2.43. The average molecular weight is 298 g/mol. The van der Waals surface area contributed by atoms with E-state index in [-0.39, 0.29) is 12.4 Å². The molecule has 0 saturated carbocycles. The zero-order valence-electron chi connectivity index (χ0n) is 12.3. The first kappa shape index (κ1) is 14.3. The van der Waals surface area contributed by atoms with Crippen molar-refractivity contribution in [3.05, 3.63) is 59.7 Å². The zero-order valence-corrected chi connectivity index (χ0v) is 12.3. The first-order valence-electron chi connectivity index (χ1n) is 7.01. The van der Waals surface area contributed by atoms with Crippen molar-refractivity contribution in [3.63, 3.8) is 0 Å². The Bertz CT molecular complexity index is 855. The van der Waals surface area contributed by atoms with E-state index < -0.39 is 5.97 Å². The second-order valence-corrected chi connectivity index (χ2v) is 4.98. The zero-order chi connectivity index (χ0) is 15.7. The Morgan fingerprint density at radius 3 is 2.82 bits per heavy atom. The Morgan fingerprint density at radius 2 is 2.09 bits per heavy atom. The van der Waals surface area contributed by atoms with E-state index in [9.17, 15) is 9.18 Å². The molecule has 0 aliphatic rings. The van der Waals surface area contributed by atoms with E-state index in [1.54, 1.807) is 29.8 Å². The summed E-state index contributed by atoms with van der Waals surface area (Å²) in [7, 11) is 0. The van der Waals surface area contributed by atoms with Crippen LogP contribution < -0.4 is 0 Å². The molecule has 0 atom stereocenters. The van der Waals surface area contributed by atoms with Crippen LogP contribution >= 0.6 is 0 Å². The first-order valence-corrected chi connectivity index (χ1v) is 7.01. The van der Waals surface area contributed by atoms with Crippen LogP contribution in [0.1, 0.15) is 23.0 Å². The van der Waals surface area contributed by atoms with Crippen molar-refractivity contribution < 1.29 is 13.9 Å². The van der Waals surface area contributed by atoms with Crippen molar-refractivity contribution in [2.24, 2.45) is 0 Å². The van der Waals surface area contributed by atoms with Gasteiger partial charge in [0.05, 0.1) is 12.1 Å². The molecule has 5 heteroatoms. The monoisotopic (exact) mass is 298 g/mol. The van der Waals surface area contributed by atoms with Gasteiger partial charge in [-0.05, 0) is 55.8 Å². The number of benzene rings is 1. The summed E-state index contributed by atoms with van der Waals surface area (Å²) in [5.41, 5.74) is 2.06. The van der Waals surface area contributed by atoms with Crippen molar-refractivity contribution in [3.8, 4) is 5.82 Å². The predicted molar refractivity (Wildman–Crippen MR) is 81.7 cm³/mol. The predicted octanol–water partition coefficient (Wildman–Crippen LogP) is 3.65. The molecule has 0 aliphatic carbocycles. The molecule has 2 heterocycles. The Balaban J connectivity index is 2.29. The topological polar surface area (TPSA) is 44.1 Å². The second kappa shape index (κ2) is 5.60. The van der Waals surface area contributed by atoms with Gasteiger partial charge in [-0.25, -0.2) is 14.2 Å². The van der Waals surface area contributed by atoms with E-state index in [0.29, 0.717) is 22.4 Å². The lowest BCUT2D eigenvalue weighted by molar-refractivity contribution is 0.0517. The molecule has 1 aromatic carbocycles. The molecule has 112 valence electrons. The minimum Gasteiger partial charge on any atom is -0.461 e. The molecule has 0 saturated heterocycles. The smallest absolute Gasteiger partial charge is 0.355 e. The number of aromatic nitrogens is 2. The van der Waals surface area contributed by atoms with Crippen LogP contribution in [0.2, 0.25) is 0 Å². The summed E-state index contributed by atoms with van der Waals surface area (Å²) >= 11 is 0. The van der Waals surface area contributed by atoms with E-state index in [0.717, 1.165) is 5.56 Å². The molecule has 0 spiro atoms. The molecular formula is C17H15FN2O2. The summed E-state index contributed by atoms with van der Waals surface area (Å²) < 4.78 is 20.2. The van der Waals surface area contributed by atoms with Crippen LogP contribution in [-0.4, -0.2) is 22.1 Å². The second-order valence-electron chi connectivity index (χ2n) is 4.98. The molecular weight excluding hydrogens is 283 g/mol. The van der Waals surface area contributed by atoms with Crippen LogP contribution in [0, 0.1) is 12.7 Å². The number of halogens is 1. The van der Waals surface area contributed by atoms with E-state index in [2.05, 4.69) is 4.98 Å². The summed E-state index contributed by atoms with van der Waals surface area (Å²) in [6.45, 7) is 3.96. The molecule has 0 amide bonds. The quantitative estimate of drug-likeness (QED) is 0.693. The van der Waals surface area contributed by atoms with Gasteiger partial charge < -0.3 is 4.74 Å². The lowest BCUT2D eigenvalue weighted by atomic mass is 10.2. The molecule has 0 aliphatic heterocycles. The Kier molecular flexibility index (Phi) is 3.63. The number of carbonyl (C=O) groups excluding carboxylic acids is 1. The van der Waals surface area contributed by atoms with Crippen LogP contribution in [0.4, 0.5) is 4.39 Å². The maximum absolute atomic E-state index is 13.5. The Hall–Kier alpha value is -2.69. The Labute approximate surface area is 127 Å². The van der Waals surface area contributed by atoms with Crippen LogP contribution in [-0.2, 0) is 4.74 Å². The van der Waals surface area contributed by atoms with E-state index in [1.165, 1.54) is 12.1 Å². The highest BCUT2D eigenvalue weighted by Crippen LogP contribution is 2.25. The molecule has 0 fully saturated rings. The Morgan fingerprint density at radius 1 is 1.27 bits per heavy atom. The van der Waals surface area contributed by atoms with Crippen LogP contribution in [0.25, 0.3) is 16.7 Å². The van der Waals surface area contributed by atoms with Crippen molar-refractivity contribution in [1.82, 2.24) is 9.55 Å². The summed E-state index contributed by atoms with van der Waals surface area (Å²) in [6.07, 6.45) is 1.68. The van der Waals surface area contributed by atoms with Gasteiger partial charge in [-0.15, -0.1) is 0 Å². The van der Waals surface area contributed by atoms with Crippen molar-refractivity contribution in [2.45, 2.75) is 13.8 Å². The summed E-state index contributed by atoms with van der Waals surface area (Å²) in [5.74, 6) is -0.204. The van der Waals surface area contributed by atoms with E-state index >= 15 is 0 Å². The number of ether oxygens (including phenoxy) is 1. The minimum atomic E-state index is -0.456. The highest BCUT2D eigenvalue weighted by Gasteiger charge is 2.19. The van der Waals surface area contributed by atoms with Gasteiger partial charge in [0.15, 0.2) is 0 Å². The van der Waals surface area contributed by atoms with Gasteiger partial charge in [0, 0.05) is 11.6 Å². The number of hydrogen-bond donors (Lipinski definition) is 0. The molecule has 3 rings (SSSR count). The maximum Gasteiger partial charge on any atom is 0.355 e. The fraction of sp³-hybridized carbons (Fsp3) is 0.176. The number of carbonyl (C=O) groups is 1. The van der Waals surface area contributed by atoms with Gasteiger partial charge in [0.25, 0.3) is 0 Å². The third-order valence-electron chi connectivity index (χ3n) is 3.38. The maximum atomic E-state index is 13.5. The molecule has 2 aromatic heterocycles. The van der Waals surface area contributed by atoms with Crippen molar-refractivity contribution in [1.29, 1.82) is 0 Å². The van der Waals surface area contributed by atoms with E-state index in [1.807, 2.05) is 19.1 Å².